The van der Waals surface area contributed by atoms with Gasteiger partial charge in [0.25, 0.3) is 0 Å². The molecule has 0 aliphatic rings. The van der Waals surface area contributed by atoms with Crippen molar-refractivity contribution < 1.29 is 0 Å². The molecular weight excluding hydrogens is 222 g/mol. The van der Waals surface area contributed by atoms with Gasteiger partial charge < -0.3 is 10.3 Å². The molecule has 0 saturated heterocycles. The minimum atomic E-state index is 0.370. The van der Waals surface area contributed by atoms with Gasteiger partial charge in [0.05, 0.1) is 0 Å². The van der Waals surface area contributed by atoms with Crippen LogP contribution < -0.4 is 5.32 Å². The van der Waals surface area contributed by atoms with E-state index in [1.165, 1.54) is 0 Å². The Morgan fingerprint density at radius 3 is 2.75 bits per heavy atom. The first-order valence-electron chi connectivity index (χ1n) is 5.22. The van der Waals surface area contributed by atoms with Gasteiger partial charge in [-0.1, -0.05) is 11.6 Å². The Morgan fingerprint density at radius 1 is 1.31 bits per heavy atom. The number of aromatic amines is 1. The van der Waals surface area contributed by atoms with Crippen LogP contribution in [0.2, 0.25) is 5.15 Å². The monoisotopic (exact) mass is 235 g/mol. The number of H-pyrrole nitrogens is 1. The maximum atomic E-state index is 5.85. The number of hydrogen-bond acceptors (Lipinski definition) is 2. The minimum Gasteiger partial charge on any atom is -0.368 e. The molecule has 0 aliphatic heterocycles. The number of nitrogens with one attached hydrogen (secondary N) is 2. The van der Waals surface area contributed by atoms with Gasteiger partial charge in [0.2, 0.25) is 0 Å². The number of aromatic nitrogens is 2. The average molecular weight is 236 g/mol. The summed E-state index contributed by atoms with van der Waals surface area (Å²) in [6.07, 6.45) is 1.79. The Hall–Kier alpha value is -1.48. The van der Waals surface area contributed by atoms with Crippen LogP contribution in [-0.4, -0.2) is 16.0 Å². The van der Waals surface area contributed by atoms with E-state index in [4.69, 9.17) is 11.6 Å². The molecule has 0 saturated carbocycles. The third-order valence-corrected chi connectivity index (χ3v) is 2.38. The number of anilines is 1. The lowest BCUT2D eigenvalue weighted by molar-refractivity contribution is 0.889. The molecule has 2 rings (SSSR count). The molecule has 0 fully saturated rings. The molecule has 2 aromatic heterocycles. The Balaban J connectivity index is 2.28. The van der Waals surface area contributed by atoms with Crippen LogP contribution in [0.25, 0.3) is 11.3 Å². The molecule has 0 spiro atoms. The number of rotatable bonds is 3. The molecule has 4 heteroatoms. The topological polar surface area (TPSA) is 40.7 Å². The van der Waals surface area contributed by atoms with Gasteiger partial charge in [0, 0.05) is 23.5 Å². The van der Waals surface area contributed by atoms with Crippen LogP contribution in [0.1, 0.15) is 13.8 Å². The van der Waals surface area contributed by atoms with Crippen LogP contribution in [0.4, 0.5) is 5.82 Å². The maximum absolute atomic E-state index is 5.85. The Labute approximate surface area is 99.9 Å². The Morgan fingerprint density at radius 2 is 2.12 bits per heavy atom. The van der Waals surface area contributed by atoms with Crippen molar-refractivity contribution in [3.63, 3.8) is 0 Å². The van der Waals surface area contributed by atoms with Crippen LogP contribution in [-0.2, 0) is 0 Å². The van der Waals surface area contributed by atoms with Crippen molar-refractivity contribution in [2.75, 3.05) is 5.32 Å². The number of pyridine rings is 1. The summed E-state index contributed by atoms with van der Waals surface area (Å²) in [5.74, 6) is 0.873. The van der Waals surface area contributed by atoms with Crippen molar-refractivity contribution >= 4 is 17.4 Å². The van der Waals surface area contributed by atoms with E-state index in [0.717, 1.165) is 17.1 Å². The van der Waals surface area contributed by atoms with E-state index < -0.39 is 0 Å². The SMILES string of the molecule is CC(C)Nc1cc(-c2ccc(Cl)[nH]2)ccn1. The molecule has 0 bridgehead atoms. The predicted octanol–water partition coefficient (Wildman–Crippen LogP) is 3.55. The molecule has 2 aromatic rings. The molecular formula is C12H14ClN3. The lowest BCUT2D eigenvalue weighted by atomic mass is 10.2. The highest BCUT2D eigenvalue weighted by Crippen LogP contribution is 2.22. The largest absolute Gasteiger partial charge is 0.368 e. The summed E-state index contributed by atoms with van der Waals surface area (Å²) in [7, 11) is 0. The van der Waals surface area contributed by atoms with E-state index in [2.05, 4.69) is 29.1 Å². The average Bonchev–Trinajstić information content (AvgIpc) is 2.64. The van der Waals surface area contributed by atoms with E-state index in [1.807, 2.05) is 24.3 Å². The first-order chi connectivity index (χ1) is 7.65. The zero-order valence-electron chi connectivity index (χ0n) is 9.29. The second-order valence-corrected chi connectivity index (χ2v) is 4.36. The van der Waals surface area contributed by atoms with Crippen LogP contribution >= 0.6 is 11.6 Å². The molecule has 2 N–H and O–H groups in total. The maximum Gasteiger partial charge on any atom is 0.126 e. The molecule has 0 aliphatic carbocycles. The van der Waals surface area contributed by atoms with Crippen LogP contribution in [0.15, 0.2) is 30.5 Å². The van der Waals surface area contributed by atoms with Gasteiger partial charge in [-0.05, 0) is 38.1 Å². The summed E-state index contributed by atoms with van der Waals surface area (Å²) in [5, 5.41) is 3.91. The highest BCUT2D eigenvalue weighted by molar-refractivity contribution is 6.29. The van der Waals surface area contributed by atoms with Crippen molar-refractivity contribution in [3.05, 3.63) is 35.6 Å². The first-order valence-corrected chi connectivity index (χ1v) is 5.60. The smallest absolute Gasteiger partial charge is 0.126 e. The standard InChI is InChI=1S/C12H14ClN3/c1-8(2)15-12-7-9(5-6-14-12)10-3-4-11(13)16-10/h3-8,16H,1-2H3,(H,14,15). The van der Waals surface area contributed by atoms with E-state index in [0.29, 0.717) is 11.2 Å². The van der Waals surface area contributed by atoms with Crippen LogP contribution in [0, 0.1) is 0 Å². The second-order valence-electron chi connectivity index (χ2n) is 3.95. The van der Waals surface area contributed by atoms with E-state index in [1.54, 1.807) is 6.20 Å². The highest BCUT2D eigenvalue weighted by Gasteiger charge is 2.03. The third kappa shape index (κ3) is 2.55. The van der Waals surface area contributed by atoms with Gasteiger partial charge in [0.1, 0.15) is 11.0 Å². The van der Waals surface area contributed by atoms with E-state index >= 15 is 0 Å². The summed E-state index contributed by atoms with van der Waals surface area (Å²) in [4.78, 5) is 7.34. The first kappa shape index (κ1) is 11.0. The van der Waals surface area contributed by atoms with Crippen LogP contribution in [0.3, 0.4) is 0 Å². The van der Waals surface area contributed by atoms with Crippen molar-refractivity contribution in [3.8, 4) is 11.3 Å². The predicted molar refractivity (Wildman–Crippen MR) is 67.8 cm³/mol. The number of halogens is 1. The van der Waals surface area contributed by atoms with Gasteiger partial charge >= 0.3 is 0 Å². The van der Waals surface area contributed by atoms with Crippen molar-refractivity contribution in [2.45, 2.75) is 19.9 Å². The molecule has 0 radical (unpaired) electrons. The fourth-order valence-corrected chi connectivity index (χ4v) is 1.67. The molecule has 0 aromatic carbocycles. The van der Waals surface area contributed by atoms with Crippen molar-refractivity contribution in [1.82, 2.24) is 9.97 Å². The fourth-order valence-electron chi connectivity index (χ4n) is 1.51. The molecule has 2 heterocycles. The summed E-state index contributed by atoms with van der Waals surface area (Å²) in [6.45, 7) is 4.17. The van der Waals surface area contributed by atoms with Gasteiger partial charge in [0.15, 0.2) is 0 Å². The van der Waals surface area contributed by atoms with Crippen molar-refractivity contribution in [1.29, 1.82) is 0 Å². The van der Waals surface area contributed by atoms with Gasteiger partial charge in [-0.15, -0.1) is 0 Å². The zero-order chi connectivity index (χ0) is 11.5. The summed E-state index contributed by atoms with van der Waals surface area (Å²) in [6, 6.07) is 8.12. The second kappa shape index (κ2) is 4.58. The van der Waals surface area contributed by atoms with Crippen LogP contribution in [0.5, 0.6) is 0 Å². The summed E-state index contributed by atoms with van der Waals surface area (Å²) in [5.41, 5.74) is 2.07. The number of nitrogens with zero attached hydrogens (tertiary/aromatic N) is 1. The molecule has 0 amide bonds. The lowest BCUT2D eigenvalue weighted by Crippen LogP contribution is -2.10. The Bertz CT molecular complexity index is 477. The molecule has 0 unspecified atom stereocenters. The van der Waals surface area contributed by atoms with E-state index in [-0.39, 0.29) is 0 Å². The molecule has 84 valence electrons. The van der Waals surface area contributed by atoms with Crippen molar-refractivity contribution in [2.24, 2.45) is 0 Å². The van der Waals surface area contributed by atoms with Gasteiger partial charge in [-0.25, -0.2) is 4.98 Å². The quantitative estimate of drug-likeness (QED) is 0.854. The summed E-state index contributed by atoms with van der Waals surface area (Å²) < 4.78 is 0. The van der Waals surface area contributed by atoms with E-state index in [9.17, 15) is 0 Å². The van der Waals surface area contributed by atoms with Gasteiger partial charge in [-0.3, -0.25) is 0 Å². The van der Waals surface area contributed by atoms with Gasteiger partial charge in [-0.2, -0.15) is 0 Å². The molecule has 3 nitrogen and oxygen atoms in total. The zero-order valence-corrected chi connectivity index (χ0v) is 10.0. The normalized spacial score (nSPS) is 10.8. The summed E-state index contributed by atoms with van der Waals surface area (Å²) >= 11 is 5.85. The molecule has 16 heavy (non-hydrogen) atoms. The molecule has 0 atom stereocenters. The minimum absolute atomic E-state index is 0.370. The Kier molecular flexibility index (Phi) is 3.15. The lowest BCUT2D eigenvalue weighted by Gasteiger charge is -2.09. The number of hydrogen-bond donors (Lipinski definition) is 2. The highest BCUT2D eigenvalue weighted by atomic mass is 35.5. The third-order valence-electron chi connectivity index (χ3n) is 2.16. The fraction of sp³-hybridized carbons (Fsp3) is 0.250.